The molecule has 0 aliphatic heterocycles. The van der Waals surface area contributed by atoms with Crippen LogP contribution in [0.3, 0.4) is 0 Å². The summed E-state index contributed by atoms with van der Waals surface area (Å²) in [5.74, 6) is 1.00. The van der Waals surface area contributed by atoms with Crippen molar-refractivity contribution in [1.29, 1.82) is 0 Å². The Kier molecular flexibility index (Phi) is 4.35. The van der Waals surface area contributed by atoms with Crippen LogP contribution in [-0.2, 0) is 0 Å². The van der Waals surface area contributed by atoms with Gasteiger partial charge in [-0.25, -0.2) is 0 Å². The molecule has 0 amide bonds. The first-order chi connectivity index (χ1) is 3.39. The van der Waals surface area contributed by atoms with E-state index >= 15 is 0 Å². The molecule has 0 N–H and O–H groups in total. The summed E-state index contributed by atoms with van der Waals surface area (Å²) in [5, 5.41) is 0. The first-order valence-electron chi connectivity index (χ1n) is 3.21. The van der Waals surface area contributed by atoms with E-state index < -0.39 is 0 Å². The first kappa shape index (κ1) is 8.29. The third kappa shape index (κ3) is 2.56. The lowest BCUT2D eigenvalue weighted by atomic mass is 9.91. The minimum Gasteiger partial charge on any atom is -0.147 e. The number of halogens is 1. The van der Waals surface area contributed by atoms with Crippen molar-refractivity contribution in [3.8, 4) is 0 Å². The average molecular weight is 134 g/mol. The third-order valence-electron chi connectivity index (χ3n) is 1.73. The highest BCUT2D eigenvalue weighted by atomic mass is 35.5. The average Bonchev–Trinajstić information content (AvgIpc) is 1.69. The smallest absolute Gasteiger partial charge is 0.0386 e. The summed E-state index contributed by atoms with van der Waals surface area (Å²) in [6.45, 7) is 2.34. The molecular formula is C7H14Cl. The van der Waals surface area contributed by atoms with Crippen LogP contribution in [0.4, 0.5) is 0 Å². The minimum atomic E-state index is 0. The Morgan fingerprint density at radius 1 is 1.25 bits per heavy atom. The maximum absolute atomic E-state index is 2.40. The maximum Gasteiger partial charge on any atom is -0.0386 e. The fourth-order valence-corrected chi connectivity index (χ4v) is 1.09. The largest absolute Gasteiger partial charge is 0.147 e. The van der Waals surface area contributed by atoms with Gasteiger partial charge in [0.1, 0.15) is 0 Å². The van der Waals surface area contributed by atoms with Crippen LogP contribution in [0.5, 0.6) is 0 Å². The van der Waals surface area contributed by atoms with Crippen molar-refractivity contribution in [3.05, 3.63) is 6.42 Å². The normalized spacial score (nSPS) is 22.1. The van der Waals surface area contributed by atoms with Gasteiger partial charge in [0, 0.05) is 0 Å². The topological polar surface area (TPSA) is 0 Å². The monoisotopic (exact) mass is 133 g/mol. The summed E-state index contributed by atoms with van der Waals surface area (Å²) in [6.07, 6.45) is 7.99. The molecule has 1 rings (SSSR count). The zero-order chi connectivity index (χ0) is 5.11. The molecule has 0 nitrogen and oxygen atoms in total. The van der Waals surface area contributed by atoms with E-state index in [-0.39, 0.29) is 12.4 Å². The quantitative estimate of drug-likeness (QED) is 0.477. The second kappa shape index (κ2) is 4.20. The molecule has 0 unspecified atom stereocenters. The van der Waals surface area contributed by atoms with Crippen LogP contribution in [0.15, 0.2) is 0 Å². The molecule has 0 bridgehead atoms. The second-order valence-corrected chi connectivity index (χ2v) is 2.55. The molecule has 0 aromatic heterocycles. The zero-order valence-electron chi connectivity index (χ0n) is 5.39. The first-order valence-corrected chi connectivity index (χ1v) is 3.21. The van der Waals surface area contributed by atoms with Gasteiger partial charge in [-0.15, -0.1) is 12.4 Å². The molecule has 1 radical (unpaired) electrons. The Hall–Kier alpha value is 0.290. The van der Waals surface area contributed by atoms with Crippen molar-refractivity contribution in [1.82, 2.24) is 0 Å². The van der Waals surface area contributed by atoms with E-state index in [1.165, 1.54) is 25.7 Å². The number of hydrogen-bond donors (Lipinski definition) is 0. The van der Waals surface area contributed by atoms with Crippen molar-refractivity contribution in [2.45, 2.75) is 32.6 Å². The summed E-state index contributed by atoms with van der Waals surface area (Å²) >= 11 is 0. The van der Waals surface area contributed by atoms with Gasteiger partial charge in [0.15, 0.2) is 0 Å². The van der Waals surface area contributed by atoms with Gasteiger partial charge < -0.3 is 0 Å². The molecule has 0 aromatic rings. The van der Waals surface area contributed by atoms with Gasteiger partial charge in [-0.2, -0.15) is 0 Å². The summed E-state index contributed by atoms with van der Waals surface area (Å²) in [7, 11) is 0. The standard InChI is InChI=1S/C7H13.ClH/c1-7-5-3-2-4-6-7;/h2,7H,3-6H2,1H3;1H. The third-order valence-corrected chi connectivity index (χ3v) is 1.73. The SMILES string of the molecule is CC1CC[CH]CC1.Cl. The van der Waals surface area contributed by atoms with Crippen LogP contribution in [-0.4, -0.2) is 0 Å². The molecule has 0 spiro atoms. The van der Waals surface area contributed by atoms with E-state index in [4.69, 9.17) is 0 Å². The fourth-order valence-electron chi connectivity index (χ4n) is 1.09. The van der Waals surface area contributed by atoms with E-state index in [9.17, 15) is 0 Å². The second-order valence-electron chi connectivity index (χ2n) is 2.55. The molecule has 0 atom stereocenters. The van der Waals surface area contributed by atoms with Gasteiger partial charge in [0.2, 0.25) is 0 Å². The van der Waals surface area contributed by atoms with Gasteiger partial charge >= 0.3 is 0 Å². The van der Waals surface area contributed by atoms with Gasteiger partial charge in [-0.05, 0) is 25.2 Å². The van der Waals surface area contributed by atoms with Crippen LogP contribution in [0.25, 0.3) is 0 Å². The van der Waals surface area contributed by atoms with Crippen molar-refractivity contribution in [2.24, 2.45) is 5.92 Å². The van der Waals surface area contributed by atoms with Gasteiger partial charge in [0.25, 0.3) is 0 Å². The highest BCUT2D eigenvalue weighted by molar-refractivity contribution is 5.85. The van der Waals surface area contributed by atoms with Crippen molar-refractivity contribution in [2.75, 3.05) is 0 Å². The summed E-state index contributed by atoms with van der Waals surface area (Å²) < 4.78 is 0. The molecule has 1 heteroatoms. The molecule has 0 saturated heterocycles. The predicted molar refractivity (Wildman–Crippen MR) is 39.2 cm³/mol. The molecule has 1 aliphatic rings. The molecule has 49 valence electrons. The predicted octanol–water partition coefficient (Wildman–Crippen LogP) is 2.82. The van der Waals surface area contributed by atoms with Gasteiger partial charge in [-0.1, -0.05) is 19.8 Å². The van der Waals surface area contributed by atoms with Crippen LogP contribution in [0, 0.1) is 12.3 Å². The zero-order valence-corrected chi connectivity index (χ0v) is 6.21. The number of hydrogen-bond acceptors (Lipinski definition) is 0. The highest BCUT2D eigenvalue weighted by Crippen LogP contribution is 2.21. The molecule has 0 aromatic carbocycles. The highest BCUT2D eigenvalue weighted by Gasteiger charge is 2.06. The fraction of sp³-hybridized carbons (Fsp3) is 0.857. The summed E-state index contributed by atoms with van der Waals surface area (Å²) in [6, 6.07) is 0. The van der Waals surface area contributed by atoms with Crippen LogP contribution in [0.1, 0.15) is 32.6 Å². The lowest BCUT2D eigenvalue weighted by Gasteiger charge is -2.15. The lowest BCUT2D eigenvalue weighted by Crippen LogP contribution is -2.00. The molecule has 0 heterocycles. The van der Waals surface area contributed by atoms with E-state index in [1.54, 1.807) is 0 Å². The van der Waals surface area contributed by atoms with Crippen molar-refractivity contribution < 1.29 is 0 Å². The minimum absolute atomic E-state index is 0. The van der Waals surface area contributed by atoms with Crippen LogP contribution < -0.4 is 0 Å². The Balaban J connectivity index is 0.000000490. The van der Waals surface area contributed by atoms with E-state index in [2.05, 4.69) is 13.3 Å². The lowest BCUT2D eigenvalue weighted by molar-refractivity contribution is 0.440. The Bertz CT molecular complexity index is 46.3. The van der Waals surface area contributed by atoms with E-state index in [0.29, 0.717) is 0 Å². The Morgan fingerprint density at radius 3 is 2.00 bits per heavy atom. The van der Waals surface area contributed by atoms with Gasteiger partial charge in [0.05, 0.1) is 0 Å². The van der Waals surface area contributed by atoms with Crippen LogP contribution >= 0.6 is 12.4 Å². The molecule has 1 aliphatic carbocycles. The Labute approximate surface area is 58.1 Å². The molecule has 1 fully saturated rings. The molecular weight excluding hydrogens is 120 g/mol. The van der Waals surface area contributed by atoms with Gasteiger partial charge in [-0.3, -0.25) is 0 Å². The Morgan fingerprint density at radius 2 is 1.75 bits per heavy atom. The maximum atomic E-state index is 2.40. The summed E-state index contributed by atoms with van der Waals surface area (Å²) in [4.78, 5) is 0. The molecule has 8 heavy (non-hydrogen) atoms. The summed E-state index contributed by atoms with van der Waals surface area (Å²) in [5.41, 5.74) is 0. The van der Waals surface area contributed by atoms with E-state index in [0.717, 1.165) is 5.92 Å². The van der Waals surface area contributed by atoms with Crippen molar-refractivity contribution >= 4 is 12.4 Å². The number of rotatable bonds is 0. The van der Waals surface area contributed by atoms with Crippen molar-refractivity contribution in [3.63, 3.8) is 0 Å². The van der Waals surface area contributed by atoms with Crippen LogP contribution in [0.2, 0.25) is 0 Å². The van der Waals surface area contributed by atoms with E-state index in [1.807, 2.05) is 0 Å². The molecule has 1 saturated carbocycles.